The average molecular weight is 376 g/mol. The first-order chi connectivity index (χ1) is 12.9. The predicted octanol–water partition coefficient (Wildman–Crippen LogP) is 3.96. The second-order valence-electron chi connectivity index (χ2n) is 6.52. The molecule has 27 heavy (non-hydrogen) atoms. The van der Waals surface area contributed by atoms with Gasteiger partial charge in [-0.25, -0.2) is 14.4 Å². The number of anilines is 1. The molecule has 2 aromatic carbocycles. The van der Waals surface area contributed by atoms with Gasteiger partial charge in [0, 0.05) is 30.4 Å². The number of aromatic nitrogens is 2. The van der Waals surface area contributed by atoms with Crippen molar-refractivity contribution in [3.05, 3.63) is 65.7 Å². The summed E-state index contributed by atoms with van der Waals surface area (Å²) in [6.07, 6.45) is -2.95. The van der Waals surface area contributed by atoms with Crippen LogP contribution in [0.1, 0.15) is 17.0 Å². The van der Waals surface area contributed by atoms with Crippen LogP contribution in [0.15, 0.2) is 48.8 Å². The first kappa shape index (κ1) is 17.7. The van der Waals surface area contributed by atoms with E-state index >= 15 is 0 Å². The average Bonchev–Trinajstić information content (AvgIpc) is 3.10. The van der Waals surface area contributed by atoms with Crippen LogP contribution in [-0.2, 0) is 6.18 Å². The fraction of sp³-hybridized carbons (Fsp3) is 0.263. The van der Waals surface area contributed by atoms with Gasteiger partial charge in [0.15, 0.2) is 0 Å². The number of hydrogen-bond donors (Lipinski definition) is 2. The van der Waals surface area contributed by atoms with Crippen LogP contribution in [0, 0.1) is 5.82 Å². The summed E-state index contributed by atoms with van der Waals surface area (Å²) in [5.41, 5.74) is 0.750. The number of alkyl halides is 3. The summed E-state index contributed by atoms with van der Waals surface area (Å²) in [6, 6.07) is 9.40. The smallest absolute Gasteiger partial charge is 0.365 e. The molecule has 1 aromatic heterocycles. The second kappa shape index (κ2) is 6.77. The van der Waals surface area contributed by atoms with Crippen molar-refractivity contribution < 1.29 is 17.6 Å². The first-order valence-corrected chi connectivity index (χ1v) is 8.46. The fourth-order valence-electron chi connectivity index (χ4n) is 3.42. The highest BCUT2D eigenvalue weighted by atomic mass is 19.4. The molecular weight excluding hydrogens is 360 g/mol. The predicted molar refractivity (Wildman–Crippen MR) is 94.0 cm³/mol. The summed E-state index contributed by atoms with van der Waals surface area (Å²) < 4.78 is 51.9. The van der Waals surface area contributed by atoms with E-state index in [1.807, 2.05) is 0 Å². The van der Waals surface area contributed by atoms with E-state index in [9.17, 15) is 17.6 Å². The van der Waals surface area contributed by atoms with Crippen LogP contribution in [0.4, 0.5) is 23.4 Å². The summed E-state index contributed by atoms with van der Waals surface area (Å²) in [6.45, 7) is 1.24. The van der Waals surface area contributed by atoms with Gasteiger partial charge in [0.25, 0.3) is 0 Å². The van der Waals surface area contributed by atoms with Crippen molar-refractivity contribution in [2.75, 3.05) is 18.4 Å². The van der Waals surface area contributed by atoms with Crippen LogP contribution in [-0.4, -0.2) is 29.1 Å². The molecule has 1 aliphatic heterocycles. The molecule has 1 saturated heterocycles. The molecule has 0 saturated carbocycles. The number of nitrogens with one attached hydrogen (secondary N) is 2. The molecule has 1 aliphatic rings. The summed E-state index contributed by atoms with van der Waals surface area (Å²) in [5.74, 6) is 0.0835. The molecule has 0 spiro atoms. The Bertz CT molecular complexity index is 956. The third-order valence-electron chi connectivity index (χ3n) is 4.80. The van der Waals surface area contributed by atoms with E-state index in [0.29, 0.717) is 29.8 Å². The highest BCUT2D eigenvalue weighted by molar-refractivity contribution is 5.88. The van der Waals surface area contributed by atoms with Gasteiger partial charge in [0.1, 0.15) is 18.0 Å². The van der Waals surface area contributed by atoms with Crippen molar-refractivity contribution in [3.63, 3.8) is 0 Å². The third-order valence-corrected chi connectivity index (χ3v) is 4.80. The molecule has 4 rings (SSSR count). The van der Waals surface area contributed by atoms with Crippen molar-refractivity contribution in [1.82, 2.24) is 15.3 Å². The molecule has 2 heterocycles. The van der Waals surface area contributed by atoms with Gasteiger partial charge in [-0.1, -0.05) is 12.1 Å². The zero-order chi connectivity index (χ0) is 19.0. The normalized spacial score (nSPS) is 20.1. The van der Waals surface area contributed by atoms with E-state index in [1.165, 1.54) is 30.6 Å². The summed E-state index contributed by atoms with van der Waals surface area (Å²) in [7, 11) is 0. The Kier molecular flexibility index (Phi) is 4.43. The second-order valence-corrected chi connectivity index (χ2v) is 6.52. The Morgan fingerprint density at radius 1 is 1.00 bits per heavy atom. The zero-order valence-corrected chi connectivity index (χ0v) is 14.1. The number of fused-ring (bicyclic) bond motifs is 1. The molecule has 1 fully saturated rings. The third kappa shape index (κ3) is 3.57. The molecule has 8 heteroatoms. The van der Waals surface area contributed by atoms with Crippen LogP contribution in [0.3, 0.4) is 0 Å². The Balaban J connectivity index is 1.60. The fourth-order valence-corrected chi connectivity index (χ4v) is 3.42. The van der Waals surface area contributed by atoms with Crippen molar-refractivity contribution in [3.8, 4) is 0 Å². The maximum Gasteiger partial charge on any atom is 0.416 e. The Morgan fingerprint density at radius 2 is 1.78 bits per heavy atom. The van der Waals surface area contributed by atoms with Crippen molar-refractivity contribution in [1.29, 1.82) is 0 Å². The lowest BCUT2D eigenvalue weighted by molar-refractivity contribution is -0.137. The van der Waals surface area contributed by atoms with Gasteiger partial charge in [-0.2, -0.15) is 13.2 Å². The van der Waals surface area contributed by atoms with Gasteiger partial charge in [-0.05, 0) is 35.9 Å². The van der Waals surface area contributed by atoms with E-state index in [-0.39, 0.29) is 17.8 Å². The summed E-state index contributed by atoms with van der Waals surface area (Å²) in [4.78, 5) is 8.35. The highest BCUT2D eigenvalue weighted by Crippen LogP contribution is 2.32. The number of hydrogen-bond acceptors (Lipinski definition) is 4. The number of benzene rings is 2. The van der Waals surface area contributed by atoms with Crippen molar-refractivity contribution in [2.45, 2.75) is 18.1 Å². The van der Waals surface area contributed by atoms with Crippen LogP contribution in [0.2, 0.25) is 0 Å². The molecule has 0 bridgehead atoms. The lowest BCUT2D eigenvalue weighted by Gasteiger charge is -2.22. The van der Waals surface area contributed by atoms with E-state index < -0.39 is 11.7 Å². The summed E-state index contributed by atoms with van der Waals surface area (Å²) in [5, 5.41) is 7.11. The van der Waals surface area contributed by atoms with Crippen LogP contribution < -0.4 is 10.6 Å². The lowest BCUT2D eigenvalue weighted by atomic mass is 9.93. The number of rotatable bonds is 3. The van der Waals surface area contributed by atoms with Gasteiger partial charge in [-0.15, -0.1) is 0 Å². The van der Waals surface area contributed by atoms with Crippen molar-refractivity contribution >= 4 is 16.7 Å². The minimum atomic E-state index is -4.35. The first-order valence-electron chi connectivity index (χ1n) is 8.46. The van der Waals surface area contributed by atoms with Crippen LogP contribution in [0.25, 0.3) is 10.9 Å². The molecule has 3 aromatic rings. The molecule has 2 atom stereocenters. The maximum absolute atomic E-state index is 13.6. The van der Waals surface area contributed by atoms with Crippen LogP contribution >= 0.6 is 0 Å². The van der Waals surface area contributed by atoms with Crippen LogP contribution in [0.5, 0.6) is 0 Å². The largest absolute Gasteiger partial charge is 0.416 e. The van der Waals surface area contributed by atoms with Gasteiger partial charge in [0.05, 0.1) is 11.1 Å². The standard InChI is InChI=1S/C19H16F4N4/c20-13-5-6-16-14(7-13)18(26-10-25-16)27-17-9-24-8-15(17)11-1-3-12(4-2-11)19(21,22)23/h1-7,10,15,17,24H,8-9H2,(H,25,26,27)/t15-,17+/m1/s1. The monoisotopic (exact) mass is 376 g/mol. The van der Waals surface area contributed by atoms with Gasteiger partial charge >= 0.3 is 6.18 Å². The minimum Gasteiger partial charge on any atom is -0.365 e. The van der Waals surface area contributed by atoms with E-state index in [0.717, 1.165) is 17.7 Å². The van der Waals surface area contributed by atoms with E-state index in [2.05, 4.69) is 20.6 Å². The van der Waals surface area contributed by atoms with Crippen molar-refractivity contribution in [2.24, 2.45) is 0 Å². The number of halogens is 4. The SMILES string of the molecule is Fc1ccc2ncnc(N[C@H]3CNC[C@@H]3c3ccc(C(F)(F)F)cc3)c2c1. The topological polar surface area (TPSA) is 49.8 Å². The Morgan fingerprint density at radius 3 is 2.52 bits per heavy atom. The molecule has 0 unspecified atom stereocenters. The molecule has 4 nitrogen and oxygen atoms in total. The summed E-state index contributed by atoms with van der Waals surface area (Å²) >= 11 is 0. The van der Waals surface area contributed by atoms with Gasteiger partial charge in [0.2, 0.25) is 0 Å². The molecule has 0 aliphatic carbocycles. The molecule has 0 amide bonds. The molecular formula is C19H16F4N4. The minimum absolute atomic E-state index is 0.0362. The van der Waals surface area contributed by atoms with Gasteiger partial charge in [-0.3, -0.25) is 0 Å². The lowest BCUT2D eigenvalue weighted by Crippen LogP contribution is -2.27. The van der Waals surface area contributed by atoms with E-state index in [4.69, 9.17) is 0 Å². The quantitative estimate of drug-likeness (QED) is 0.680. The Labute approximate surface area is 152 Å². The molecule has 2 N–H and O–H groups in total. The van der Waals surface area contributed by atoms with E-state index in [1.54, 1.807) is 6.07 Å². The highest BCUT2D eigenvalue weighted by Gasteiger charge is 2.32. The number of nitrogens with zero attached hydrogens (tertiary/aromatic N) is 2. The zero-order valence-electron chi connectivity index (χ0n) is 14.1. The maximum atomic E-state index is 13.6. The van der Waals surface area contributed by atoms with Gasteiger partial charge < -0.3 is 10.6 Å². The molecule has 0 radical (unpaired) electrons. The molecule has 140 valence electrons. The Hall–Kier alpha value is -2.74.